The van der Waals surface area contributed by atoms with Gasteiger partial charge < -0.3 is 9.88 Å². The number of aryl methyl sites for hydroxylation is 1. The smallest absolute Gasteiger partial charge is 0.288 e. The van der Waals surface area contributed by atoms with Crippen LogP contribution in [0, 0.1) is 6.92 Å². The van der Waals surface area contributed by atoms with E-state index in [2.05, 4.69) is 28.5 Å². The molecular weight excluding hydrogens is 426 g/mol. The minimum atomic E-state index is -2.47. The maximum Gasteiger partial charge on any atom is 0.288 e. The molecule has 3 aromatic rings. The zero-order valence-corrected chi connectivity index (χ0v) is 18.3. The van der Waals surface area contributed by atoms with Crippen LogP contribution in [0.1, 0.15) is 18.9 Å². The molecule has 3 rings (SSSR count). The zero-order valence-electron chi connectivity index (χ0n) is 16.6. The van der Waals surface area contributed by atoms with Crippen LogP contribution in [0.3, 0.4) is 0 Å². The van der Waals surface area contributed by atoms with Gasteiger partial charge >= 0.3 is 0 Å². The first-order chi connectivity index (χ1) is 14.5. The van der Waals surface area contributed by atoms with Gasteiger partial charge in [0.05, 0.1) is 5.75 Å². The number of anilines is 1. The fourth-order valence-corrected chi connectivity index (χ4v) is 4.13. The van der Waals surface area contributed by atoms with Crippen molar-refractivity contribution < 1.29 is 13.6 Å². The second-order valence-electron chi connectivity index (χ2n) is 6.57. The van der Waals surface area contributed by atoms with E-state index < -0.39 is 5.76 Å². The highest BCUT2D eigenvalue weighted by Gasteiger charge is 2.15. The molecule has 0 unspecified atom stereocenters. The van der Waals surface area contributed by atoms with Crippen molar-refractivity contribution >= 4 is 35.1 Å². The van der Waals surface area contributed by atoms with Crippen LogP contribution in [-0.4, -0.2) is 32.2 Å². The first-order valence-electron chi connectivity index (χ1n) is 9.44. The molecule has 0 fully saturated rings. The van der Waals surface area contributed by atoms with Gasteiger partial charge in [-0.3, -0.25) is 4.79 Å². The highest BCUT2D eigenvalue weighted by Crippen LogP contribution is 2.27. The number of hydrogen-bond donors (Lipinski definition) is 1. The van der Waals surface area contributed by atoms with Gasteiger partial charge in [-0.1, -0.05) is 54.2 Å². The lowest BCUT2D eigenvalue weighted by atomic mass is 10.1. The predicted octanol–water partition coefficient (Wildman–Crippen LogP) is 5.71. The molecule has 0 atom stereocenters. The number of carbonyl (C=O) groups is 1. The van der Waals surface area contributed by atoms with Gasteiger partial charge in [-0.05, 0) is 43.7 Å². The lowest BCUT2D eigenvalue weighted by Gasteiger charge is -2.10. The second-order valence-corrected chi connectivity index (χ2v) is 8.57. The van der Waals surface area contributed by atoms with Crippen LogP contribution in [0.4, 0.5) is 14.5 Å². The Hall–Kier alpha value is -2.39. The molecule has 0 bridgehead atoms. The molecule has 30 heavy (non-hydrogen) atoms. The second kappa shape index (κ2) is 10.6. The van der Waals surface area contributed by atoms with Crippen molar-refractivity contribution in [1.29, 1.82) is 0 Å². The molecule has 2 aromatic carbocycles. The quantitative estimate of drug-likeness (QED) is 0.425. The normalized spacial score (nSPS) is 11.1. The lowest BCUT2D eigenvalue weighted by Crippen LogP contribution is -2.14. The van der Waals surface area contributed by atoms with Crippen molar-refractivity contribution in [3.63, 3.8) is 0 Å². The van der Waals surface area contributed by atoms with E-state index in [9.17, 15) is 13.6 Å². The third kappa shape index (κ3) is 6.06. The Morgan fingerprint density at radius 3 is 2.60 bits per heavy atom. The Bertz CT molecular complexity index is 993. The van der Waals surface area contributed by atoms with Crippen molar-refractivity contribution in [2.45, 2.75) is 42.6 Å². The van der Waals surface area contributed by atoms with Crippen molar-refractivity contribution in [1.82, 2.24) is 14.8 Å². The van der Waals surface area contributed by atoms with E-state index in [-0.39, 0.29) is 11.7 Å². The Morgan fingerprint density at radius 2 is 1.93 bits per heavy atom. The summed E-state index contributed by atoms with van der Waals surface area (Å²) in [6.07, 6.45) is 0.916. The average molecular weight is 449 g/mol. The minimum Gasteiger partial charge on any atom is -0.325 e. The third-order valence-corrected chi connectivity index (χ3v) is 5.83. The summed E-state index contributed by atoms with van der Waals surface area (Å²) in [5, 5.41) is 12.1. The van der Waals surface area contributed by atoms with Crippen molar-refractivity contribution in [3.05, 3.63) is 54.1 Å². The molecule has 1 aromatic heterocycles. The van der Waals surface area contributed by atoms with E-state index >= 15 is 0 Å². The molecule has 0 saturated carbocycles. The van der Waals surface area contributed by atoms with Gasteiger partial charge in [0.2, 0.25) is 5.91 Å². The number of benzene rings is 2. The number of halogens is 2. The average Bonchev–Trinajstić information content (AvgIpc) is 3.10. The standard InChI is InChI=1S/C21H22F2N4OS2/c1-3-11-27-19(15-6-4-5-14(2)12-15)25-26-21(27)29-13-18(28)24-16-7-9-17(10-8-16)30-20(22)23/h4-10,12,20H,3,11,13H2,1-2H3,(H,24,28). The molecule has 0 aliphatic rings. The molecule has 0 saturated heterocycles. The topological polar surface area (TPSA) is 59.8 Å². The highest BCUT2D eigenvalue weighted by atomic mass is 32.2. The highest BCUT2D eigenvalue weighted by molar-refractivity contribution is 8.00. The van der Waals surface area contributed by atoms with E-state index in [0.29, 0.717) is 27.5 Å². The number of nitrogens with zero attached hydrogens (tertiary/aromatic N) is 3. The van der Waals surface area contributed by atoms with Gasteiger partial charge in [-0.25, -0.2) is 0 Å². The molecule has 0 spiro atoms. The molecule has 0 aliphatic carbocycles. The van der Waals surface area contributed by atoms with Crippen molar-refractivity contribution in [3.8, 4) is 11.4 Å². The number of aromatic nitrogens is 3. The monoisotopic (exact) mass is 448 g/mol. The SMILES string of the molecule is CCCn1c(SCC(=O)Nc2ccc(SC(F)F)cc2)nnc1-c1cccc(C)c1. The van der Waals surface area contributed by atoms with Crippen molar-refractivity contribution in [2.75, 3.05) is 11.1 Å². The molecular formula is C21H22F2N4OS2. The zero-order chi connectivity index (χ0) is 21.5. The predicted molar refractivity (Wildman–Crippen MR) is 118 cm³/mol. The number of carbonyl (C=O) groups excluding carboxylic acids is 1. The minimum absolute atomic E-state index is 0.170. The Morgan fingerprint density at radius 1 is 1.17 bits per heavy atom. The number of alkyl halides is 2. The maximum atomic E-state index is 12.4. The van der Waals surface area contributed by atoms with Gasteiger partial charge in [0.25, 0.3) is 5.76 Å². The maximum absolute atomic E-state index is 12.4. The van der Waals surface area contributed by atoms with Crippen LogP contribution in [0.5, 0.6) is 0 Å². The Kier molecular flexibility index (Phi) is 7.87. The molecule has 5 nitrogen and oxygen atoms in total. The van der Waals surface area contributed by atoms with Crippen LogP contribution in [0.2, 0.25) is 0 Å². The van der Waals surface area contributed by atoms with Crippen LogP contribution < -0.4 is 5.32 Å². The first kappa shape index (κ1) is 22.3. The Labute approximate surface area is 182 Å². The first-order valence-corrected chi connectivity index (χ1v) is 11.3. The summed E-state index contributed by atoms with van der Waals surface area (Å²) >= 11 is 1.79. The van der Waals surface area contributed by atoms with Gasteiger partial charge in [0.1, 0.15) is 0 Å². The summed E-state index contributed by atoms with van der Waals surface area (Å²) in [7, 11) is 0. The summed E-state index contributed by atoms with van der Waals surface area (Å²) in [6, 6.07) is 14.4. The van der Waals surface area contributed by atoms with E-state index in [1.807, 2.05) is 29.7 Å². The summed E-state index contributed by atoms with van der Waals surface area (Å²) in [6.45, 7) is 4.86. The lowest BCUT2D eigenvalue weighted by molar-refractivity contribution is -0.113. The van der Waals surface area contributed by atoms with Crippen LogP contribution in [-0.2, 0) is 11.3 Å². The van der Waals surface area contributed by atoms with Crippen LogP contribution in [0.25, 0.3) is 11.4 Å². The van der Waals surface area contributed by atoms with Gasteiger partial charge in [-0.2, -0.15) is 8.78 Å². The summed E-state index contributed by atoms with van der Waals surface area (Å²) in [4.78, 5) is 12.8. The molecule has 158 valence electrons. The molecule has 1 heterocycles. The number of hydrogen-bond acceptors (Lipinski definition) is 5. The summed E-state index contributed by atoms with van der Waals surface area (Å²) < 4.78 is 26.8. The fraction of sp³-hybridized carbons (Fsp3) is 0.286. The van der Waals surface area contributed by atoms with Gasteiger partial charge in [0, 0.05) is 22.7 Å². The number of nitrogens with one attached hydrogen (secondary N) is 1. The molecule has 0 radical (unpaired) electrons. The van der Waals surface area contributed by atoms with E-state index in [4.69, 9.17) is 0 Å². The third-order valence-electron chi connectivity index (χ3n) is 4.14. The molecule has 1 amide bonds. The summed E-state index contributed by atoms with van der Waals surface area (Å²) in [5.41, 5.74) is 2.70. The number of thioether (sulfide) groups is 2. The summed E-state index contributed by atoms with van der Waals surface area (Å²) in [5.74, 6) is -1.71. The van der Waals surface area contributed by atoms with Gasteiger partial charge in [0.15, 0.2) is 11.0 Å². The van der Waals surface area contributed by atoms with Gasteiger partial charge in [-0.15, -0.1) is 10.2 Å². The van der Waals surface area contributed by atoms with E-state index in [1.165, 1.54) is 11.8 Å². The molecule has 0 aliphatic heterocycles. The van der Waals surface area contributed by atoms with Crippen LogP contribution in [0.15, 0.2) is 58.6 Å². The number of amides is 1. The largest absolute Gasteiger partial charge is 0.325 e. The Balaban J connectivity index is 1.64. The fourth-order valence-electron chi connectivity index (χ4n) is 2.87. The van der Waals surface area contributed by atoms with Crippen LogP contribution >= 0.6 is 23.5 Å². The molecule has 1 N–H and O–H groups in total. The molecule has 9 heteroatoms. The van der Waals surface area contributed by atoms with E-state index in [0.717, 1.165) is 29.9 Å². The van der Waals surface area contributed by atoms with Crippen molar-refractivity contribution in [2.24, 2.45) is 0 Å². The van der Waals surface area contributed by atoms with E-state index in [1.54, 1.807) is 24.3 Å². The number of rotatable bonds is 9.